The molecule has 0 spiro atoms. The molecule has 0 aliphatic carbocycles. The average molecular weight is 652 g/mol. The Kier molecular flexibility index (Phi) is 5.67. The molecule has 0 N–H and O–H groups in total. The van der Waals surface area contributed by atoms with Gasteiger partial charge in [-0.3, -0.25) is 0 Å². The Balaban J connectivity index is 1.16. The molecule has 0 saturated heterocycles. The van der Waals surface area contributed by atoms with Crippen LogP contribution in [0, 0.1) is 6.57 Å². The van der Waals surface area contributed by atoms with Crippen molar-refractivity contribution < 1.29 is 8.83 Å². The minimum atomic E-state index is 0.624. The Labute approximate surface area is 291 Å². The smallest absolute Gasteiger partial charge is 0.188 e. The number of pyridine rings is 1. The van der Waals surface area contributed by atoms with Gasteiger partial charge in [0.15, 0.2) is 11.3 Å². The fraction of sp³-hybridized carbons (Fsp3) is 0. The predicted octanol–water partition coefficient (Wildman–Crippen LogP) is 13.0. The van der Waals surface area contributed by atoms with Gasteiger partial charge >= 0.3 is 0 Å². The van der Waals surface area contributed by atoms with Gasteiger partial charge in [0, 0.05) is 38.2 Å². The molecule has 11 rings (SSSR count). The van der Waals surface area contributed by atoms with Crippen LogP contribution in [0.25, 0.3) is 110 Å². The lowest BCUT2D eigenvalue weighted by molar-refractivity contribution is 0.668. The molecule has 5 heteroatoms. The molecule has 51 heavy (non-hydrogen) atoms. The highest BCUT2D eigenvalue weighted by atomic mass is 16.3. The van der Waals surface area contributed by atoms with E-state index in [-0.39, 0.29) is 0 Å². The lowest BCUT2D eigenvalue weighted by Crippen LogP contribution is -1.93. The molecule has 0 amide bonds. The molecule has 4 heterocycles. The molecule has 0 unspecified atom stereocenters. The summed E-state index contributed by atoms with van der Waals surface area (Å²) >= 11 is 0. The van der Waals surface area contributed by atoms with E-state index in [1.165, 1.54) is 0 Å². The molecule has 0 aliphatic rings. The van der Waals surface area contributed by atoms with Crippen LogP contribution in [0.3, 0.4) is 0 Å². The third-order valence-electron chi connectivity index (χ3n) is 10.2. The van der Waals surface area contributed by atoms with Crippen LogP contribution in [0.2, 0.25) is 0 Å². The normalized spacial score (nSPS) is 11.9. The maximum absolute atomic E-state index is 7.70. The maximum Gasteiger partial charge on any atom is 0.188 e. The van der Waals surface area contributed by atoms with Crippen LogP contribution in [-0.2, 0) is 0 Å². The zero-order valence-electron chi connectivity index (χ0n) is 27.1. The average Bonchev–Trinajstić information content (AvgIpc) is 3.87. The van der Waals surface area contributed by atoms with Gasteiger partial charge in [-0.25, -0.2) is 9.83 Å². The van der Waals surface area contributed by atoms with Crippen LogP contribution in [0.4, 0.5) is 5.69 Å². The van der Waals surface area contributed by atoms with E-state index < -0.39 is 0 Å². The maximum atomic E-state index is 7.70. The number of furan rings is 2. The molecular weight excluding hydrogens is 627 g/mol. The lowest BCUT2D eigenvalue weighted by Gasteiger charge is -2.10. The summed E-state index contributed by atoms with van der Waals surface area (Å²) in [6, 6.07) is 52.1. The van der Waals surface area contributed by atoms with Gasteiger partial charge in [-0.15, -0.1) is 0 Å². The highest BCUT2D eigenvalue weighted by Gasteiger charge is 2.22. The van der Waals surface area contributed by atoms with Crippen molar-refractivity contribution in [2.75, 3.05) is 0 Å². The van der Waals surface area contributed by atoms with Gasteiger partial charge < -0.3 is 13.4 Å². The number of hydrogen-bond acceptors (Lipinski definition) is 3. The second-order valence-electron chi connectivity index (χ2n) is 13.0. The fourth-order valence-electron chi connectivity index (χ4n) is 7.88. The molecule has 0 atom stereocenters. The van der Waals surface area contributed by atoms with Gasteiger partial charge in [0.1, 0.15) is 22.3 Å². The van der Waals surface area contributed by atoms with Gasteiger partial charge in [0.05, 0.1) is 28.7 Å². The summed E-state index contributed by atoms with van der Waals surface area (Å²) in [7, 11) is 0. The van der Waals surface area contributed by atoms with Crippen LogP contribution < -0.4 is 0 Å². The summed E-state index contributed by atoms with van der Waals surface area (Å²) in [6.07, 6.45) is 0. The van der Waals surface area contributed by atoms with Gasteiger partial charge in [-0.05, 0) is 83.2 Å². The quantitative estimate of drug-likeness (QED) is 0.179. The minimum Gasteiger partial charge on any atom is -0.455 e. The van der Waals surface area contributed by atoms with Crippen LogP contribution in [-0.4, -0.2) is 9.55 Å². The Morgan fingerprint density at radius 1 is 0.490 bits per heavy atom. The fourth-order valence-corrected chi connectivity index (χ4v) is 7.88. The van der Waals surface area contributed by atoms with E-state index in [9.17, 15) is 0 Å². The first-order valence-electron chi connectivity index (χ1n) is 16.9. The third-order valence-corrected chi connectivity index (χ3v) is 10.2. The van der Waals surface area contributed by atoms with Crippen molar-refractivity contribution >= 4 is 82.3 Å². The van der Waals surface area contributed by atoms with Gasteiger partial charge in [0.2, 0.25) is 0 Å². The highest BCUT2D eigenvalue weighted by Crippen LogP contribution is 2.44. The topological polar surface area (TPSA) is 48.5 Å². The molecule has 11 aromatic rings. The highest BCUT2D eigenvalue weighted by molar-refractivity contribution is 6.24. The van der Waals surface area contributed by atoms with E-state index in [0.29, 0.717) is 5.69 Å². The zero-order valence-corrected chi connectivity index (χ0v) is 27.1. The first kappa shape index (κ1) is 27.8. The van der Waals surface area contributed by atoms with Crippen LogP contribution in [0.1, 0.15) is 0 Å². The second kappa shape index (κ2) is 10.4. The summed E-state index contributed by atoms with van der Waals surface area (Å²) in [5.74, 6) is 0. The number of para-hydroxylation sites is 3. The molecule has 7 aromatic carbocycles. The van der Waals surface area contributed by atoms with Crippen molar-refractivity contribution in [2.24, 2.45) is 0 Å². The van der Waals surface area contributed by atoms with Gasteiger partial charge in [-0.2, -0.15) is 0 Å². The number of nitrogens with zero attached hydrogens (tertiary/aromatic N) is 3. The Morgan fingerprint density at radius 2 is 1.16 bits per heavy atom. The Hall–Kier alpha value is -7.16. The second-order valence-corrected chi connectivity index (χ2v) is 13.0. The molecule has 0 bridgehead atoms. The van der Waals surface area contributed by atoms with E-state index in [1.807, 2.05) is 54.6 Å². The third kappa shape index (κ3) is 3.99. The van der Waals surface area contributed by atoms with Crippen molar-refractivity contribution in [1.29, 1.82) is 0 Å². The van der Waals surface area contributed by atoms with Crippen LogP contribution in [0.5, 0.6) is 0 Å². The van der Waals surface area contributed by atoms with Crippen molar-refractivity contribution in [1.82, 2.24) is 9.55 Å². The van der Waals surface area contributed by atoms with Gasteiger partial charge in [-0.1, -0.05) is 84.9 Å². The number of aromatic nitrogens is 2. The molecule has 0 radical (unpaired) electrons. The summed E-state index contributed by atoms with van der Waals surface area (Å²) in [5.41, 5.74) is 11.9. The SMILES string of the molecule is [C-]#[N+]c1ccc2c(c1)c1cc(-c3cccc(-c4nc5c(ccc6c7ccccc7oc65)c5oc6ccccc6c45)c3)ccc1n2-c1ccccc1. The minimum absolute atomic E-state index is 0.624. The van der Waals surface area contributed by atoms with Crippen LogP contribution >= 0.6 is 0 Å². The zero-order chi connectivity index (χ0) is 33.6. The molecule has 0 saturated carbocycles. The molecule has 0 fully saturated rings. The molecule has 5 nitrogen and oxygen atoms in total. The number of fused-ring (bicyclic) bond motifs is 12. The summed E-state index contributed by atoms with van der Waals surface area (Å²) < 4.78 is 15.4. The van der Waals surface area contributed by atoms with E-state index in [2.05, 4.69) is 106 Å². The largest absolute Gasteiger partial charge is 0.455 e. The molecule has 236 valence electrons. The molecule has 0 aliphatic heterocycles. The van der Waals surface area contributed by atoms with Crippen molar-refractivity contribution in [3.05, 3.63) is 163 Å². The van der Waals surface area contributed by atoms with Crippen molar-refractivity contribution in [3.8, 4) is 28.1 Å². The summed E-state index contributed by atoms with van der Waals surface area (Å²) in [4.78, 5) is 9.17. The molecule has 4 aromatic heterocycles. The first-order valence-corrected chi connectivity index (χ1v) is 16.9. The van der Waals surface area contributed by atoms with Crippen molar-refractivity contribution in [2.45, 2.75) is 0 Å². The lowest BCUT2D eigenvalue weighted by atomic mass is 9.97. The monoisotopic (exact) mass is 651 g/mol. The van der Waals surface area contributed by atoms with E-state index in [1.54, 1.807) is 0 Å². The Morgan fingerprint density at radius 3 is 2.00 bits per heavy atom. The molecular formula is C46H25N3O2. The van der Waals surface area contributed by atoms with Crippen LogP contribution in [0.15, 0.2) is 160 Å². The number of benzene rings is 7. The summed E-state index contributed by atoms with van der Waals surface area (Å²) in [5, 5.41) is 7.19. The number of hydrogen-bond donors (Lipinski definition) is 0. The Bertz CT molecular complexity index is 3270. The van der Waals surface area contributed by atoms with Gasteiger partial charge in [0.25, 0.3) is 0 Å². The summed E-state index contributed by atoms with van der Waals surface area (Å²) in [6.45, 7) is 7.70. The van der Waals surface area contributed by atoms with E-state index in [4.69, 9.17) is 20.4 Å². The van der Waals surface area contributed by atoms with E-state index >= 15 is 0 Å². The van der Waals surface area contributed by atoms with Crippen molar-refractivity contribution in [3.63, 3.8) is 0 Å². The predicted molar refractivity (Wildman–Crippen MR) is 208 cm³/mol. The van der Waals surface area contributed by atoms with E-state index in [0.717, 1.165) is 105 Å². The standard InChI is InChI=1S/C46H25N3O2/c1-47-30-19-23-39-37(26-30)36-25-28(18-22-38(36)49(39)31-12-3-2-4-13-31)27-10-9-11-29(24-27)43-42-34-15-6-8-17-41(34)50-45(42)35-21-20-33-32-14-5-7-16-40(32)51-46(33)44(35)48-43/h2-26H. The number of rotatable bonds is 3. The first-order chi connectivity index (χ1) is 25.2.